The van der Waals surface area contributed by atoms with Gasteiger partial charge in [0.1, 0.15) is 0 Å². The Morgan fingerprint density at radius 3 is 2.53 bits per heavy atom. The highest BCUT2D eigenvalue weighted by Crippen LogP contribution is 2.38. The molecule has 0 bridgehead atoms. The third-order valence-corrected chi connectivity index (χ3v) is 6.23. The van der Waals surface area contributed by atoms with Crippen molar-refractivity contribution in [1.82, 2.24) is 0 Å². The minimum atomic E-state index is -3.18. The van der Waals surface area contributed by atoms with Crippen molar-refractivity contribution >= 4 is 9.84 Å². The van der Waals surface area contributed by atoms with Gasteiger partial charge in [-0.1, -0.05) is 44.2 Å². The first-order chi connectivity index (χ1) is 8.80. The minimum Gasteiger partial charge on any atom is -0.327 e. The van der Waals surface area contributed by atoms with Gasteiger partial charge in [0, 0.05) is 6.04 Å². The van der Waals surface area contributed by atoms with E-state index in [2.05, 4.69) is 13.8 Å². The van der Waals surface area contributed by atoms with Crippen LogP contribution in [0.1, 0.15) is 38.7 Å². The number of hydrogen-bond acceptors (Lipinski definition) is 3. The third-order valence-electron chi connectivity index (χ3n) is 4.06. The Labute approximate surface area is 116 Å². The summed E-state index contributed by atoms with van der Waals surface area (Å²) in [6, 6.07) is 9.13. The number of hydrogen-bond donors (Lipinski definition) is 1. The topological polar surface area (TPSA) is 60.2 Å². The first-order valence-corrected chi connectivity index (χ1v) is 8.53. The molecule has 4 heteroatoms. The summed E-state index contributed by atoms with van der Waals surface area (Å²) in [5, 5.41) is -0.406. The van der Waals surface area contributed by atoms with E-state index >= 15 is 0 Å². The average Bonchev–Trinajstić information content (AvgIpc) is 2.33. The number of rotatable bonds is 3. The molecule has 0 spiro atoms. The summed E-state index contributed by atoms with van der Waals surface area (Å²) in [6.45, 7) is 4.26. The van der Waals surface area contributed by atoms with E-state index in [0.717, 1.165) is 18.4 Å². The molecule has 0 aromatic heterocycles. The van der Waals surface area contributed by atoms with E-state index in [4.69, 9.17) is 5.73 Å². The quantitative estimate of drug-likeness (QED) is 0.926. The molecule has 19 heavy (non-hydrogen) atoms. The smallest absolute Gasteiger partial charge is 0.158 e. The van der Waals surface area contributed by atoms with Gasteiger partial charge in [0.25, 0.3) is 0 Å². The number of benzene rings is 1. The summed E-state index contributed by atoms with van der Waals surface area (Å²) in [5.41, 5.74) is 6.98. The second kappa shape index (κ2) is 5.25. The highest BCUT2D eigenvalue weighted by molar-refractivity contribution is 7.91. The van der Waals surface area contributed by atoms with Crippen LogP contribution in [0.3, 0.4) is 0 Å². The Morgan fingerprint density at radius 1 is 1.26 bits per heavy atom. The van der Waals surface area contributed by atoms with Crippen LogP contribution in [0.2, 0.25) is 0 Å². The third kappa shape index (κ3) is 3.57. The molecule has 2 N–H and O–H groups in total. The van der Waals surface area contributed by atoms with E-state index in [-0.39, 0.29) is 17.2 Å². The molecule has 1 fully saturated rings. The molecule has 1 aliphatic carbocycles. The summed E-state index contributed by atoms with van der Waals surface area (Å²) in [7, 11) is -3.18. The Balaban J connectivity index is 2.19. The van der Waals surface area contributed by atoms with Crippen LogP contribution in [0.5, 0.6) is 0 Å². The van der Waals surface area contributed by atoms with Gasteiger partial charge >= 0.3 is 0 Å². The van der Waals surface area contributed by atoms with Crippen LogP contribution in [0.15, 0.2) is 30.3 Å². The van der Waals surface area contributed by atoms with Crippen LogP contribution >= 0.6 is 0 Å². The molecule has 2 unspecified atom stereocenters. The fourth-order valence-corrected chi connectivity index (χ4v) is 5.09. The lowest BCUT2D eigenvalue weighted by molar-refractivity contribution is 0.227. The summed E-state index contributed by atoms with van der Waals surface area (Å²) in [4.78, 5) is 0. The summed E-state index contributed by atoms with van der Waals surface area (Å²) in [5.74, 6) is 0.0995. The maximum atomic E-state index is 12.6. The van der Waals surface area contributed by atoms with Gasteiger partial charge in [-0.15, -0.1) is 0 Å². The number of sulfone groups is 1. The van der Waals surface area contributed by atoms with Crippen molar-refractivity contribution in [2.75, 3.05) is 0 Å². The summed E-state index contributed by atoms with van der Waals surface area (Å²) < 4.78 is 25.1. The van der Waals surface area contributed by atoms with Gasteiger partial charge in [-0.2, -0.15) is 0 Å². The lowest BCUT2D eigenvalue weighted by Crippen LogP contribution is -2.47. The van der Waals surface area contributed by atoms with E-state index < -0.39 is 15.1 Å². The van der Waals surface area contributed by atoms with Crippen molar-refractivity contribution in [3.05, 3.63) is 35.9 Å². The Hall–Kier alpha value is -0.870. The maximum Gasteiger partial charge on any atom is 0.158 e. The van der Waals surface area contributed by atoms with Gasteiger partial charge in [0.15, 0.2) is 9.84 Å². The van der Waals surface area contributed by atoms with Gasteiger partial charge in [0.2, 0.25) is 0 Å². The first-order valence-electron chi connectivity index (χ1n) is 6.81. The van der Waals surface area contributed by atoms with Gasteiger partial charge in [-0.25, -0.2) is 8.42 Å². The van der Waals surface area contributed by atoms with Gasteiger partial charge in [0.05, 0.1) is 11.0 Å². The molecule has 1 aromatic rings. The normalized spacial score (nSPS) is 27.1. The molecule has 0 radical (unpaired) electrons. The number of nitrogens with two attached hydrogens (primary N) is 1. The van der Waals surface area contributed by atoms with Crippen LogP contribution in [0.25, 0.3) is 0 Å². The summed E-state index contributed by atoms with van der Waals surface area (Å²) >= 11 is 0. The largest absolute Gasteiger partial charge is 0.327 e. The van der Waals surface area contributed by atoms with E-state index in [9.17, 15) is 8.42 Å². The minimum absolute atomic E-state index is 0.0737. The fourth-order valence-electron chi connectivity index (χ4n) is 2.85. The maximum absolute atomic E-state index is 12.6. The molecule has 1 aromatic carbocycles. The van der Waals surface area contributed by atoms with Crippen LogP contribution < -0.4 is 5.73 Å². The van der Waals surface area contributed by atoms with E-state index in [1.54, 1.807) is 0 Å². The molecule has 1 saturated carbocycles. The highest BCUT2D eigenvalue weighted by Gasteiger charge is 2.40. The molecule has 0 aliphatic heterocycles. The Bertz CT molecular complexity index is 522. The monoisotopic (exact) mass is 281 g/mol. The second-order valence-corrected chi connectivity index (χ2v) is 8.62. The van der Waals surface area contributed by atoms with Crippen molar-refractivity contribution < 1.29 is 8.42 Å². The predicted molar refractivity (Wildman–Crippen MR) is 78.5 cm³/mol. The first kappa shape index (κ1) is 14.5. The highest BCUT2D eigenvalue weighted by atomic mass is 32.2. The molecule has 0 amide bonds. The van der Waals surface area contributed by atoms with Crippen LogP contribution in [-0.4, -0.2) is 19.7 Å². The van der Waals surface area contributed by atoms with Crippen LogP contribution in [-0.2, 0) is 15.6 Å². The molecule has 1 aliphatic rings. The predicted octanol–water partition coefficient (Wildman–Crippen LogP) is 2.51. The second-order valence-electron chi connectivity index (χ2n) is 6.40. The Morgan fingerprint density at radius 2 is 1.89 bits per heavy atom. The van der Waals surface area contributed by atoms with Crippen molar-refractivity contribution in [1.29, 1.82) is 0 Å². The van der Waals surface area contributed by atoms with Gasteiger partial charge in [-0.05, 0) is 30.2 Å². The van der Waals surface area contributed by atoms with Crippen molar-refractivity contribution in [2.24, 2.45) is 11.1 Å². The lowest BCUT2D eigenvalue weighted by Gasteiger charge is -2.38. The Kier molecular flexibility index (Phi) is 4.02. The van der Waals surface area contributed by atoms with E-state index in [1.165, 1.54) is 0 Å². The summed E-state index contributed by atoms with van der Waals surface area (Å²) in [6.07, 6.45) is 2.47. The van der Waals surface area contributed by atoms with Crippen molar-refractivity contribution in [3.63, 3.8) is 0 Å². The molecule has 2 atom stereocenters. The molecular formula is C15H23NO2S. The molecule has 0 saturated heterocycles. The van der Waals surface area contributed by atoms with Crippen molar-refractivity contribution in [2.45, 2.75) is 50.2 Å². The zero-order valence-corrected chi connectivity index (χ0v) is 12.5. The molecule has 0 heterocycles. The van der Waals surface area contributed by atoms with Gasteiger partial charge < -0.3 is 5.73 Å². The van der Waals surface area contributed by atoms with Gasteiger partial charge in [-0.3, -0.25) is 0 Å². The molecule has 106 valence electrons. The SMILES string of the molecule is CC1(C)CCC(N)C(S(=O)(=O)Cc2ccccc2)C1. The van der Waals surface area contributed by atoms with Crippen LogP contribution in [0, 0.1) is 5.41 Å². The fraction of sp³-hybridized carbons (Fsp3) is 0.600. The van der Waals surface area contributed by atoms with E-state index in [1.807, 2.05) is 30.3 Å². The molecule has 2 rings (SSSR count). The van der Waals surface area contributed by atoms with E-state index in [0.29, 0.717) is 6.42 Å². The van der Waals surface area contributed by atoms with Crippen molar-refractivity contribution in [3.8, 4) is 0 Å². The zero-order valence-electron chi connectivity index (χ0n) is 11.7. The average molecular weight is 281 g/mol. The molecular weight excluding hydrogens is 258 g/mol. The van der Waals surface area contributed by atoms with Crippen LogP contribution in [0.4, 0.5) is 0 Å². The molecule has 3 nitrogen and oxygen atoms in total. The lowest BCUT2D eigenvalue weighted by atomic mass is 9.75. The zero-order chi connectivity index (χ0) is 14.1. The standard InChI is InChI=1S/C15H23NO2S/c1-15(2)9-8-13(16)14(10-15)19(17,18)11-12-6-4-3-5-7-12/h3-7,13-14H,8-11,16H2,1-2H3.